The zero-order valence-electron chi connectivity index (χ0n) is 19.1. The number of hydrogen-bond donors (Lipinski definition) is 3. The Kier molecular flexibility index (Phi) is 6.15. The lowest BCUT2D eigenvalue weighted by Gasteiger charge is -2.41. The number of rotatable bonds is 5. The highest BCUT2D eigenvalue weighted by Gasteiger charge is 2.39. The van der Waals surface area contributed by atoms with Crippen molar-refractivity contribution in [2.45, 2.75) is 45.1 Å². The van der Waals surface area contributed by atoms with Crippen molar-refractivity contribution in [3.8, 4) is 5.69 Å². The number of benzene rings is 2. The van der Waals surface area contributed by atoms with Gasteiger partial charge in [0, 0.05) is 12.0 Å². The summed E-state index contributed by atoms with van der Waals surface area (Å²) in [7, 11) is 0. The highest BCUT2D eigenvalue weighted by molar-refractivity contribution is 6.05. The number of anilines is 1. The zero-order valence-corrected chi connectivity index (χ0v) is 19.1. The van der Waals surface area contributed by atoms with Gasteiger partial charge in [-0.05, 0) is 61.9 Å². The summed E-state index contributed by atoms with van der Waals surface area (Å²) in [6.45, 7) is 1.81. The van der Waals surface area contributed by atoms with Gasteiger partial charge in [-0.2, -0.15) is 5.10 Å². The number of hydrogen-bond acceptors (Lipinski definition) is 4. The quantitative estimate of drug-likeness (QED) is 0.537. The van der Waals surface area contributed by atoms with E-state index in [0.717, 1.165) is 36.9 Å². The molecule has 0 radical (unpaired) electrons. The van der Waals surface area contributed by atoms with E-state index >= 15 is 0 Å². The van der Waals surface area contributed by atoms with E-state index in [1.807, 2.05) is 37.3 Å². The molecule has 3 N–H and O–H groups in total. The highest BCUT2D eigenvalue weighted by Crippen LogP contribution is 2.35. The number of carbonyl (C=O) groups is 2. The number of hydrazine groups is 1. The molecular weight excluding hydrogens is 433 g/mol. The lowest BCUT2D eigenvalue weighted by molar-refractivity contribution is -0.133. The Morgan fingerprint density at radius 1 is 1.18 bits per heavy atom. The van der Waals surface area contributed by atoms with E-state index in [4.69, 9.17) is 0 Å². The summed E-state index contributed by atoms with van der Waals surface area (Å²) in [6, 6.07) is 14.4. The molecule has 1 aliphatic heterocycles. The maximum atomic E-state index is 14.6. The molecule has 2 amide bonds. The number of halogens is 1. The Labute approximate surface area is 197 Å². The first-order chi connectivity index (χ1) is 16.5. The minimum atomic E-state index is -0.495. The Morgan fingerprint density at radius 3 is 2.79 bits per heavy atom. The molecular formula is C26H28FN5O2. The zero-order chi connectivity index (χ0) is 23.7. The molecule has 3 aromatic rings. The molecule has 1 saturated carbocycles. The third-order valence-electron chi connectivity index (χ3n) is 7.04. The molecule has 176 valence electrons. The predicted octanol–water partition coefficient (Wildman–Crippen LogP) is 3.92. The van der Waals surface area contributed by atoms with Gasteiger partial charge in [-0.25, -0.2) is 14.5 Å². The van der Waals surface area contributed by atoms with E-state index in [1.165, 1.54) is 12.3 Å². The van der Waals surface area contributed by atoms with Gasteiger partial charge in [0.05, 0.1) is 28.8 Å². The molecule has 3 unspecified atom stereocenters. The largest absolute Gasteiger partial charge is 0.319 e. The molecule has 1 aliphatic carbocycles. The van der Waals surface area contributed by atoms with E-state index < -0.39 is 11.7 Å². The molecule has 1 saturated heterocycles. The van der Waals surface area contributed by atoms with Crippen molar-refractivity contribution in [1.29, 1.82) is 0 Å². The average Bonchev–Trinajstić information content (AvgIpc) is 3.25. The summed E-state index contributed by atoms with van der Waals surface area (Å²) in [5.74, 6) is -0.544. The average molecular weight is 462 g/mol. The van der Waals surface area contributed by atoms with Crippen molar-refractivity contribution in [3.63, 3.8) is 0 Å². The summed E-state index contributed by atoms with van der Waals surface area (Å²) < 4.78 is 16.3. The van der Waals surface area contributed by atoms with E-state index in [0.29, 0.717) is 17.7 Å². The summed E-state index contributed by atoms with van der Waals surface area (Å²) >= 11 is 0. The van der Waals surface area contributed by atoms with Crippen molar-refractivity contribution >= 4 is 17.5 Å². The van der Waals surface area contributed by atoms with E-state index in [1.54, 1.807) is 16.8 Å². The summed E-state index contributed by atoms with van der Waals surface area (Å²) in [6.07, 6.45) is 6.25. The standard InChI is InChI=1S/C26H28FN5O2/c1-16-21(15-28-32(16)18-7-3-2-4-8-18)25(33)29-24-14-17(11-12-22(24)27)13-23-19-9-5-6-10-20(19)26(34)31-30-23/h2-4,7-8,11-12,14-15,19-20,23,30H,5-6,9-10,13H2,1H3,(H,29,33)(H,31,34). The van der Waals surface area contributed by atoms with Gasteiger partial charge in [-0.3, -0.25) is 15.0 Å². The number of fused-ring (bicyclic) bond motifs is 1. The number of nitrogens with zero attached hydrogens (tertiary/aromatic N) is 2. The summed E-state index contributed by atoms with van der Waals surface area (Å²) in [4.78, 5) is 25.2. The van der Waals surface area contributed by atoms with Crippen LogP contribution in [-0.2, 0) is 11.2 Å². The smallest absolute Gasteiger partial charge is 0.259 e. The Hall–Kier alpha value is -3.52. The fraction of sp³-hybridized carbons (Fsp3) is 0.346. The molecule has 2 aromatic carbocycles. The number of amides is 2. The molecule has 7 nitrogen and oxygen atoms in total. The molecule has 34 heavy (non-hydrogen) atoms. The first-order valence-corrected chi connectivity index (χ1v) is 11.8. The SMILES string of the molecule is Cc1c(C(=O)Nc2cc(CC3NNC(=O)C4CCCCC34)ccc2F)cnn1-c1ccccc1. The van der Waals surface area contributed by atoms with Gasteiger partial charge in [-0.15, -0.1) is 0 Å². The van der Waals surface area contributed by atoms with Crippen LogP contribution in [0, 0.1) is 24.6 Å². The third-order valence-corrected chi connectivity index (χ3v) is 7.04. The molecule has 0 spiro atoms. The minimum absolute atomic E-state index is 0.0312. The van der Waals surface area contributed by atoms with Crippen LogP contribution < -0.4 is 16.2 Å². The van der Waals surface area contributed by atoms with Crippen LogP contribution in [0.2, 0.25) is 0 Å². The highest BCUT2D eigenvalue weighted by atomic mass is 19.1. The number of para-hydroxylation sites is 1. The van der Waals surface area contributed by atoms with Crippen LogP contribution in [0.25, 0.3) is 5.69 Å². The Balaban J connectivity index is 1.32. The van der Waals surface area contributed by atoms with E-state index in [2.05, 4.69) is 21.3 Å². The summed E-state index contributed by atoms with van der Waals surface area (Å²) in [5, 5.41) is 7.05. The van der Waals surface area contributed by atoms with Crippen LogP contribution in [0.3, 0.4) is 0 Å². The minimum Gasteiger partial charge on any atom is -0.319 e. The molecule has 1 aromatic heterocycles. The lowest BCUT2D eigenvalue weighted by Crippen LogP contribution is -2.60. The van der Waals surface area contributed by atoms with Crippen LogP contribution in [0.5, 0.6) is 0 Å². The van der Waals surface area contributed by atoms with Gasteiger partial charge in [0.15, 0.2) is 0 Å². The first kappa shape index (κ1) is 22.3. The molecule has 8 heteroatoms. The summed E-state index contributed by atoms with van der Waals surface area (Å²) in [5.41, 5.74) is 8.90. The second kappa shape index (κ2) is 9.38. The normalized spacial score (nSPS) is 22.1. The third kappa shape index (κ3) is 4.33. The topological polar surface area (TPSA) is 88.1 Å². The fourth-order valence-corrected chi connectivity index (χ4v) is 5.23. The monoisotopic (exact) mass is 461 g/mol. The molecule has 3 atom stereocenters. The van der Waals surface area contributed by atoms with Gasteiger partial charge in [0.25, 0.3) is 5.91 Å². The molecule has 2 heterocycles. The molecule has 2 fully saturated rings. The van der Waals surface area contributed by atoms with Crippen molar-refractivity contribution in [2.75, 3.05) is 5.32 Å². The Bertz CT molecular complexity index is 1210. The maximum Gasteiger partial charge on any atom is 0.259 e. The van der Waals surface area contributed by atoms with Crippen LogP contribution in [0.1, 0.15) is 47.3 Å². The number of nitrogens with one attached hydrogen (secondary N) is 3. The predicted molar refractivity (Wildman–Crippen MR) is 127 cm³/mol. The van der Waals surface area contributed by atoms with Gasteiger partial charge in [0.1, 0.15) is 5.82 Å². The van der Waals surface area contributed by atoms with Crippen LogP contribution in [0.15, 0.2) is 54.7 Å². The van der Waals surface area contributed by atoms with Crippen LogP contribution >= 0.6 is 0 Å². The Morgan fingerprint density at radius 2 is 1.97 bits per heavy atom. The van der Waals surface area contributed by atoms with Gasteiger partial charge in [-0.1, -0.05) is 37.1 Å². The molecule has 5 rings (SSSR count). The molecule has 2 aliphatic rings. The number of carbonyl (C=O) groups excluding carboxylic acids is 2. The second-order valence-electron chi connectivity index (χ2n) is 9.16. The van der Waals surface area contributed by atoms with E-state index in [-0.39, 0.29) is 29.5 Å². The van der Waals surface area contributed by atoms with Crippen molar-refractivity contribution in [3.05, 3.63) is 77.4 Å². The van der Waals surface area contributed by atoms with Gasteiger partial charge < -0.3 is 5.32 Å². The van der Waals surface area contributed by atoms with Crippen molar-refractivity contribution in [1.82, 2.24) is 20.6 Å². The lowest BCUT2D eigenvalue weighted by atomic mass is 9.72. The number of aromatic nitrogens is 2. The van der Waals surface area contributed by atoms with Crippen LogP contribution in [0.4, 0.5) is 10.1 Å². The fourth-order valence-electron chi connectivity index (χ4n) is 5.23. The molecule has 0 bridgehead atoms. The first-order valence-electron chi connectivity index (χ1n) is 11.8. The maximum absolute atomic E-state index is 14.6. The van der Waals surface area contributed by atoms with Crippen molar-refractivity contribution in [2.24, 2.45) is 11.8 Å². The van der Waals surface area contributed by atoms with E-state index in [9.17, 15) is 14.0 Å². The van der Waals surface area contributed by atoms with Gasteiger partial charge in [0.2, 0.25) is 5.91 Å². The second-order valence-corrected chi connectivity index (χ2v) is 9.16. The van der Waals surface area contributed by atoms with Gasteiger partial charge >= 0.3 is 0 Å². The van der Waals surface area contributed by atoms with Crippen LogP contribution in [-0.4, -0.2) is 27.6 Å². The van der Waals surface area contributed by atoms with Crippen molar-refractivity contribution < 1.29 is 14.0 Å².